The van der Waals surface area contributed by atoms with E-state index in [9.17, 15) is 9.59 Å². The van der Waals surface area contributed by atoms with E-state index in [0.29, 0.717) is 23.2 Å². The largest absolute Gasteiger partial charge is 0.456 e. The minimum Gasteiger partial charge on any atom is -0.456 e. The Bertz CT molecular complexity index is 561. The maximum absolute atomic E-state index is 11.7. The second-order valence-electron chi connectivity index (χ2n) is 3.74. The molecule has 0 aliphatic rings. The maximum Gasteiger partial charge on any atom is 0.338 e. The van der Waals surface area contributed by atoms with Crippen LogP contribution in [0, 0.1) is 0 Å². The summed E-state index contributed by atoms with van der Waals surface area (Å²) in [4.78, 5) is 22.3. The number of aryl methyl sites for hydroxylation is 1. The zero-order chi connectivity index (χ0) is 13.0. The Kier molecular flexibility index (Phi) is 3.52. The van der Waals surface area contributed by atoms with E-state index in [4.69, 9.17) is 4.74 Å². The first kappa shape index (κ1) is 12.0. The van der Waals surface area contributed by atoms with E-state index in [0.717, 1.165) is 0 Å². The summed E-state index contributed by atoms with van der Waals surface area (Å²) in [7, 11) is 1.66. The van der Waals surface area contributed by atoms with Gasteiger partial charge < -0.3 is 4.74 Å². The summed E-state index contributed by atoms with van der Waals surface area (Å²) in [5.41, 5.74) is 1.48. The molecule has 1 heterocycles. The van der Waals surface area contributed by atoms with Crippen molar-refractivity contribution < 1.29 is 14.3 Å². The summed E-state index contributed by atoms with van der Waals surface area (Å²) in [5, 5.41) is 4.06. The molecule has 2 aromatic rings. The van der Waals surface area contributed by atoms with Gasteiger partial charge >= 0.3 is 5.97 Å². The highest BCUT2D eigenvalue weighted by Crippen LogP contribution is 2.06. The molecule has 1 aromatic heterocycles. The first-order chi connectivity index (χ1) is 8.70. The molecular weight excluding hydrogens is 232 g/mol. The Labute approximate surface area is 104 Å². The van der Waals surface area contributed by atoms with Gasteiger partial charge in [-0.25, -0.2) is 4.79 Å². The van der Waals surface area contributed by atoms with E-state index in [1.807, 2.05) is 6.07 Å². The number of nitrogens with zero attached hydrogens (tertiary/aromatic N) is 2. The van der Waals surface area contributed by atoms with Crippen molar-refractivity contribution in [1.29, 1.82) is 0 Å². The standard InChI is InChI=1S/C13H12N2O3/c1-15-12(8-16)7-11(14-15)9-18-13(17)10-5-3-2-4-6-10/h2-8H,9H2,1H3. The van der Waals surface area contributed by atoms with Crippen LogP contribution in [0.5, 0.6) is 0 Å². The van der Waals surface area contributed by atoms with Gasteiger partial charge in [-0.15, -0.1) is 0 Å². The summed E-state index contributed by atoms with van der Waals surface area (Å²) >= 11 is 0. The van der Waals surface area contributed by atoms with Crippen LogP contribution in [0.3, 0.4) is 0 Å². The number of benzene rings is 1. The van der Waals surface area contributed by atoms with E-state index in [-0.39, 0.29) is 6.61 Å². The van der Waals surface area contributed by atoms with Crippen molar-refractivity contribution >= 4 is 12.3 Å². The van der Waals surface area contributed by atoms with Gasteiger partial charge in [0.2, 0.25) is 0 Å². The predicted octanol–water partition coefficient (Wildman–Crippen LogP) is 1.59. The van der Waals surface area contributed by atoms with Crippen molar-refractivity contribution in [2.45, 2.75) is 6.61 Å². The lowest BCUT2D eigenvalue weighted by Crippen LogP contribution is -2.05. The van der Waals surface area contributed by atoms with Crippen molar-refractivity contribution in [2.24, 2.45) is 7.05 Å². The van der Waals surface area contributed by atoms with E-state index < -0.39 is 5.97 Å². The van der Waals surface area contributed by atoms with E-state index in [1.54, 1.807) is 37.4 Å². The minimum atomic E-state index is -0.408. The van der Waals surface area contributed by atoms with Crippen molar-refractivity contribution in [3.63, 3.8) is 0 Å². The highest BCUT2D eigenvalue weighted by Gasteiger charge is 2.09. The fourth-order valence-electron chi connectivity index (χ4n) is 1.52. The monoisotopic (exact) mass is 244 g/mol. The number of hydrogen-bond acceptors (Lipinski definition) is 4. The maximum atomic E-state index is 11.7. The molecule has 5 heteroatoms. The lowest BCUT2D eigenvalue weighted by atomic mass is 10.2. The van der Waals surface area contributed by atoms with Gasteiger partial charge in [-0.05, 0) is 18.2 Å². The van der Waals surface area contributed by atoms with Crippen LogP contribution in [0.1, 0.15) is 26.5 Å². The number of aldehydes is 1. The first-order valence-electron chi connectivity index (χ1n) is 5.41. The molecule has 92 valence electrons. The van der Waals surface area contributed by atoms with Gasteiger partial charge in [0, 0.05) is 7.05 Å². The average molecular weight is 244 g/mol. The number of carbonyl (C=O) groups is 2. The van der Waals surface area contributed by atoms with Crippen molar-refractivity contribution in [3.05, 3.63) is 53.3 Å². The smallest absolute Gasteiger partial charge is 0.338 e. The summed E-state index contributed by atoms with van der Waals surface area (Å²) in [6.07, 6.45) is 0.704. The molecule has 0 saturated heterocycles. The minimum absolute atomic E-state index is 0.0510. The zero-order valence-corrected chi connectivity index (χ0v) is 9.87. The fourth-order valence-corrected chi connectivity index (χ4v) is 1.52. The van der Waals surface area contributed by atoms with Crippen LogP contribution >= 0.6 is 0 Å². The van der Waals surface area contributed by atoms with Gasteiger partial charge in [-0.1, -0.05) is 18.2 Å². The molecule has 0 atom stereocenters. The van der Waals surface area contributed by atoms with Crippen molar-refractivity contribution in [1.82, 2.24) is 9.78 Å². The Hall–Kier alpha value is -2.43. The second kappa shape index (κ2) is 5.27. The number of rotatable bonds is 4. The quantitative estimate of drug-likeness (QED) is 0.605. The molecule has 1 aromatic carbocycles. The summed E-state index contributed by atoms with van der Waals surface area (Å²) in [6, 6.07) is 10.3. The Morgan fingerprint density at radius 2 is 2.11 bits per heavy atom. The second-order valence-corrected chi connectivity index (χ2v) is 3.74. The van der Waals surface area contributed by atoms with Gasteiger partial charge in [0.1, 0.15) is 18.0 Å². The van der Waals surface area contributed by atoms with Gasteiger partial charge in [0.25, 0.3) is 0 Å². The van der Waals surface area contributed by atoms with Crippen LogP contribution in [-0.4, -0.2) is 22.0 Å². The van der Waals surface area contributed by atoms with Crippen LogP contribution < -0.4 is 0 Å². The predicted molar refractivity (Wildman–Crippen MR) is 64.2 cm³/mol. The average Bonchev–Trinajstić information content (AvgIpc) is 2.77. The highest BCUT2D eigenvalue weighted by atomic mass is 16.5. The lowest BCUT2D eigenvalue weighted by Gasteiger charge is -2.02. The SMILES string of the molecule is Cn1nc(COC(=O)c2ccccc2)cc1C=O. The Morgan fingerprint density at radius 1 is 1.39 bits per heavy atom. The zero-order valence-electron chi connectivity index (χ0n) is 9.87. The van der Waals surface area contributed by atoms with Crippen LogP contribution in [0.4, 0.5) is 0 Å². The van der Waals surface area contributed by atoms with Gasteiger partial charge in [-0.3, -0.25) is 9.48 Å². The molecule has 0 amide bonds. The number of aromatic nitrogens is 2. The van der Waals surface area contributed by atoms with Crippen molar-refractivity contribution in [3.8, 4) is 0 Å². The molecule has 0 fully saturated rings. The lowest BCUT2D eigenvalue weighted by molar-refractivity contribution is 0.0467. The summed E-state index contributed by atoms with van der Waals surface area (Å²) in [6.45, 7) is 0.0510. The van der Waals surface area contributed by atoms with Gasteiger partial charge in [-0.2, -0.15) is 5.10 Å². The van der Waals surface area contributed by atoms with Crippen LogP contribution in [0.2, 0.25) is 0 Å². The van der Waals surface area contributed by atoms with E-state index in [2.05, 4.69) is 5.10 Å². The molecule has 18 heavy (non-hydrogen) atoms. The van der Waals surface area contributed by atoms with Crippen LogP contribution in [-0.2, 0) is 18.4 Å². The Balaban J connectivity index is 1.99. The summed E-state index contributed by atoms with van der Waals surface area (Å²) < 4.78 is 6.54. The van der Waals surface area contributed by atoms with E-state index in [1.165, 1.54) is 4.68 Å². The topological polar surface area (TPSA) is 61.2 Å². The van der Waals surface area contributed by atoms with Crippen molar-refractivity contribution in [2.75, 3.05) is 0 Å². The molecule has 0 radical (unpaired) electrons. The number of hydrogen-bond donors (Lipinski definition) is 0. The van der Waals surface area contributed by atoms with Crippen LogP contribution in [0.25, 0.3) is 0 Å². The number of ether oxygens (including phenoxy) is 1. The fraction of sp³-hybridized carbons (Fsp3) is 0.154. The highest BCUT2D eigenvalue weighted by molar-refractivity contribution is 5.89. The van der Waals surface area contributed by atoms with E-state index >= 15 is 0 Å². The first-order valence-corrected chi connectivity index (χ1v) is 5.41. The third-order valence-corrected chi connectivity index (χ3v) is 2.45. The summed E-state index contributed by atoms with van der Waals surface area (Å²) in [5.74, 6) is -0.408. The third kappa shape index (κ3) is 2.63. The molecule has 0 spiro atoms. The number of esters is 1. The molecule has 0 N–H and O–H groups in total. The van der Waals surface area contributed by atoms with Gasteiger partial charge in [0.15, 0.2) is 6.29 Å². The molecule has 0 aliphatic carbocycles. The molecule has 0 aliphatic heterocycles. The Morgan fingerprint density at radius 3 is 2.72 bits per heavy atom. The molecule has 5 nitrogen and oxygen atoms in total. The normalized spacial score (nSPS) is 10.1. The third-order valence-electron chi connectivity index (χ3n) is 2.45. The molecule has 0 saturated carbocycles. The number of carbonyl (C=O) groups excluding carboxylic acids is 2. The molecule has 0 bridgehead atoms. The van der Waals surface area contributed by atoms with Gasteiger partial charge in [0.05, 0.1) is 5.56 Å². The van der Waals surface area contributed by atoms with Crippen LogP contribution in [0.15, 0.2) is 36.4 Å². The molecule has 2 rings (SSSR count). The molecular formula is C13H12N2O3. The molecule has 0 unspecified atom stereocenters.